The van der Waals surface area contributed by atoms with E-state index in [-0.39, 0.29) is 6.54 Å². The van der Waals surface area contributed by atoms with Gasteiger partial charge in [0, 0.05) is 0 Å². The smallest absolute Gasteiger partial charge is 0.251 e. The summed E-state index contributed by atoms with van der Waals surface area (Å²) in [6, 6.07) is 0. The van der Waals surface area contributed by atoms with Gasteiger partial charge in [0.25, 0.3) is 6.43 Å². The Morgan fingerprint density at radius 1 is 1.15 bits per heavy atom. The first kappa shape index (κ1) is 15.3. The fourth-order valence-electron chi connectivity index (χ4n) is 0.805. The van der Waals surface area contributed by atoms with E-state index in [0.717, 1.165) is 13.0 Å². The summed E-state index contributed by atoms with van der Waals surface area (Å²) in [5, 5.41) is 0. The lowest BCUT2D eigenvalue weighted by atomic mass is 10.1. The Hall–Kier alpha value is -0.180. The third-order valence-electron chi connectivity index (χ3n) is 1.54. The number of halogens is 2. The van der Waals surface area contributed by atoms with E-state index < -0.39 is 6.43 Å². The highest BCUT2D eigenvalue weighted by molar-refractivity contribution is 4.54. The molecule has 0 aromatic carbocycles. The van der Waals surface area contributed by atoms with Crippen LogP contribution in [0, 0.1) is 5.92 Å². The van der Waals surface area contributed by atoms with Crippen molar-refractivity contribution in [3.8, 4) is 0 Å². The van der Waals surface area contributed by atoms with E-state index in [1.54, 1.807) is 11.9 Å². The van der Waals surface area contributed by atoms with Gasteiger partial charge >= 0.3 is 0 Å². The Kier molecular flexibility index (Phi) is 11.7. The van der Waals surface area contributed by atoms with E-state index in [2.05, 4.69) is 13.8 Å². The van der Waals surface area contributed by atoms with Crippen LogP contribution in [0.15, 0.2) is 0 Å². The van der Waals surface area contributed by atoms with Crippen LogP contribution < -0.4 is 0 Å². The van der Waals surface area contributed by atoms with Crippen molar-refractivity contribution in [1.82, 2.24) is 4.90 Å². The number of alkyl halides is 2. The Balaban J connectivity index is 0. The van der Waals surface area contributed by atoms with Gasteiger partial charge in [0.1, 0.15) is 0 Å². The molecule has 0 aliphatic rings. The predicted molar refractivity (Wildman–Crippen MR) is 54.3 cm³/mol. The number of hydrogen-bond donors (Lipinski definition) is 0. The molecule has 0 fully saturated rings. The first-order chi connectivity index (χ1) is 6.02. The summed E-state index contributed by atoms with van der Waals surface area (Å²) < 4.78 is 23.5. The molecule has 0 rings (SSSR count). The average molecular weight is 195 g/mol. The molecule has 0 unspecified atom stereocenters. The summed E-state index contributed by atoms with van der Waals surface area (Å²) >= 11 is 0. The molecule has 0 aliphatic carbocycles. The Labute approximate surface area is 81.1 Å². The van der Waals surface area contributed by atoms with Gasteiger partial charge in [0.05, 0.1) is 6.54 Å². The third-order valence-corrected chi connectivity index (χ3v) is 1.54. The summed E-state index contributed by atoms with van der Waals surface area (Å²) in [7, 11) is 1.73. The van der Waals surface area contributed by atoms with Crippen molar-refractivity contribution in [2.75, 3.05) is 20.1 Å². The molecule has 0 spiro atoms. The number of nitrogens with zero attached hydrogens (tertiary/aromatic N) is 1. The molecule has 3 heteroatoms. The monoisotopic (exact) mass is 195 g/mol. The van der Waals surface area contributed by atoms with Crippen LogP contribution in [0.3, 0.4) is 0 Å². The summed E-state index contributed by atoms with van der Waals surface area (Å²) in [4.78, 5) is 1.67. The number of rotatable bonds is 5. The molecule has 0 saturated heterocycles. The van der Waals surface area contributed by atoms with Crippen molar-refractivity contribution in [3.63, 3.8) is 0 Å². The Bertz CT molecular complexity index is 94.9. The molecule has 0 amide bonds. The normalized spacial score (nSPS) is 10.6. The van der Waals surface area contributed by atoms with Gasteiger partial charge < -0.3 is 4.90 Å². The van der Waals surface area contributed by atoms with E-state index in [0.29, 0.717) is 5.92 Å². The van der Waals surface area contributed by atoms with Gasteiger partial charge in [-0.2, -0.15) is 0 Å². The van der Waals surface area contributed by atoms with Crippen LogP contribution in [0.1, 0.15) is 34.1 Å². The molecule has 0 bridgehead atoms. The van der Waals surface area contributed by atoms with Crippen LogP contribution in [0.4, 0.5) is 8.78 Å². The molecule has 1 nitrogen and oxygen atoms in total. The van der Waals surface area contributed by atoms with Crippen molar-refractivity contribution in [2.45, 2.75) is 40.5 Å². The second-order valence-electron chi connectivity index (χ2n) is 3.34. The fourth-order valence-corrected chi connectivity index (χ4v) is 0.805. The highest BCUT2D eigenvalue weighted by Crippen LogP contribution is 2.02. The zero-order chi connectivity index (χ0) is 10.9. The maximum Gasteiger partial charge on any atom is 0.251 e. The van der Waals surface area contributed by atoms with Gasteiger partial charge in [0.15, 0.2) is 0 Å². The van der Waals surface area contributed by atoms with Gasteiger partial charge in [-0.1, -0.05) is 27.7 Å². The zero-order valence-electron chi connectivity index (χ0n) is 9.48. The van der Waals surface area contributed by atoms with Crippen molar-refractivity contribution in [2.24, 2.45) is 5.92 Å². The van der Waals surface area contributed by atoms with Gasteiger partial charge in [-0.15, -0.1) is 0 Å². The molecule has 0 aromatic rings. The second kappa shape index (κ2) is 9.90. The topological polar surface area (TPSA) is 3.24 Å². The largest absolute Gasteiger partial charge is 0.301 e. The van der Waals surface area contributed by atoms with Crippen LogP contribution in [0.5, 0.6) is 0 Å². The SMILES string of the molecule is CC.CC(C)CCN(C)CC(F)F. The highest BCUT2D eigenvalue weighted by Gasteiger charge is 2.07. The van der Waals surface area contributed by atoms with Gasteiger partial charge in [-0.25, -0.2) is 8.78 Å². The molecular weight excluding hydrogens is 172 g/mol. The second-order valence-corrected chi connectivity index (χ2v) is 3.34. The van der Waals surface area contributed by atoms with E-state index in [9.17, 15) is 8.78 Å². The predicted octanol–water partition coefficient (Wildman–Crippen LogP) is 3.26. The van der Waals surface area contributed by atoms with Crippen LogP contribution in [0.2, 0.25) is 0 Å². The molecule has 0 saturated carbocycles. The lowest BCUT2D eigenvalue weighted by Gasteiger charge is -2.16. The quantitative estimate of drug-likeness (QED) is 0.651. The van der Waals surface area contributed by atoms with Crippen LogP contribution >= 0.6 is 0 Å². The van der Waals surface area contributed by atoms with E-state index in [1.807, 2.05) is 13.8 Å². The molecular formula is C10H23F2N. The average Bonchev–Trinajstić information content (AvgIpc) is 2.03. The van der Waals surface area contributed by atoms with Gasteiger partial charge in [-0.3, -0.25) is 0 Å². The molecule has 0 atom stereocenters. The Morgan fingerprint density at radius 2 is 1.62 bits per heavy atom. The highest BCUT2D eigenvalue weighted by atomic mass is 19.3. The van der Waals surface area contributed by atoms with Crippen molar-refractivity contribution in [1.29, 1.82) is 0 Å². The fraction of sp³-hybridized carbons (Fsp3) is 1.00. The van der Waals surface area contributed by atoms with Crippen LogP contribution in [-0.2, 0) is 0 Å². The molecule has 0 heterocycles. The Morgan fingerprint density at radius 3 is 1.92 bits per heavy atom. The van der Waals surface area contributed by atoms with Crippen LogP contribution in [-0.4, -0.2) is 31.5 Å². The van der Waals surface area contributed by atoms with Crippen LogP contribution in [0.25, 0.3) is 0 Å². The third kappa shape index (κ3) is 14.7. The van der Waals surface area contributed by atoms with Gasteiger partial charge in [-0.05, 0) is 25.9 Å². The summed E-state index contributed by atoms with van der Waals surface area (Å²) in [6.07, 6.45) is -1.21. The van der Waals surface area contributed by atoms with Crippen molar-refractivity contribution >= 4 is 0 Å². The summed E-state index contributed by atoms with van der Waals surface area (Å²) in [5.41, 5.74) is 0. The van der Waals surface area contributed by atoms with Gasteiger partial charge in [0.2, 0.25) is 0 Å². The molecule has 0 aromatic heterocycles. The number of hydrogen-bond acceptors (Lipinski definition) is 1. The first-order valence-electron chi connectivity index (χ1n) is 4.99. The molecule has 82 valence electrons. The standard InChI is InChI=1S/C8H17F2N.C2H6/c1-7(2)4-5-11(3)6-8(9)10;1-2/h7-8H,4-6H2,1-3H3;1-2H3. The van der Waals surface area contributed by atoms with Crippen molar-refractivity contribution < 1.29 is 8.78 Å². The lowest BCUT2D eigenvalue weighted by Crippen LogP contribution is -2.26. The minimum Gasteiger partial charge on any atom is -0.301 e. The zero-order valence-corrected chi connectivity index (χ0v) is 9.48. The maximum absolute atomic E-state index is 11.8. The summed E-state index contributed by atoms with van der Waals surface area (Å²) in [5.74, 6) is 0.593. The van der Waals surface area contributed by atoms with Crippen molar-refractivity contribution in [3.05, 3.63) is 0 Å². The lowest BCUT2D eigenvalue weighted by molar-refractivity contribution is 0.0983. The maximum atomic E-state index is 11.8. The minimum atomic E-state index is -2.20. The molecule has 13 heavy (non-hydrogen) atoms. The van der Waals surface area contributed by atoms with E-state index >= 15 is 0 Å². The first-order valence-corrected chi connectivity index (χ1v) is 4.99. The van der Waals surface area contributed by atoms with E-state index in [4.69, 9.17) is 0 Å². The molecule has 0 radical (unpaired) electrons. The van der Waals surface area contributed by atoms with E-state index in [1.165, 1.54) is 0 Å². The minimum absolute atomic E-state index is 0.104. The summed E-state index contributed by atoms with van der Waals surface area (Å²) in [6.45, 7) is 8.85. The molecule has 0 N–H and O–H groups in total. The molecule has 0 aliphatic heterocycles.